The Morgan fingerprint density at radius 1 is 1.14 bits per heavy atom. The van der Waals surface area contributed by atoms with Crippen molar-refractivity contribution >= 4 is 21.7 Å². The molecular weight excluding hydrogens is 378 g/mol. The third kappa shape index (κ3) is 5.04. The van der Waals surface area contributed by atoms with E-state index in [1.54, 1.807) is 30.3 Å². The number of pyridine rings is 1. The molecular formula is C20H23N3O4S. The van der Waals surface area contributed by atoms with Crippen LogP contribution in [0.4, 0.5) is 0 Å². The average molecular weight is 401 g/mol. The lowest BCUT2D eigenvalue weighted by molar-refractivity contribution is -0.139. The highest BCUT2D eigenvalue weighted by Gasteiger charge is 2.30. The quantitative estimate of drug-likeness (QED) is 0.542. The van der Waals surface area contributed by atoms with Gasteiger partial charge in [0.1, 0.15) is 5.25 Å². The van der Waals surface area contributed by atoms with Crippen LogP contribution in [-0.4, -0.2) is 38.3 Å². The van der Waals surface area contributed by atoms with Crippen molar-refractivity contribution in [1.29, 1.82) is 0 Å². The second kappa shape index (κ2) is 9.27. The molecule has 2 rings (SSSR count). The minimum atomic E-state index is -3.83. The summed E-state index contributed by atoms with van der Waals surface area (Å²) >= 11 is 0. The second-order valence-electron chi connectivity index (χ2n) is 6.27. The molecule has 8 heteroatoms. The fraction of sp³-hybridized carbons (Fsp3) is 0.250. The summed E-state index contributed by atoms with van der Waals surface area (Å²) in [5.41, 5.74) is 2.25. The summed E-state index contributed by atoms with van der Waals surface area (Å²) in [4.78, 5) is 27.8. The number of carbonyl (C=O) groups excluding carboxylic acids is 2. The molecule has 0 aliphatic carbocycles. The van der Waals surface area contributed by atoms with Gasteiger partial charge in [0, 0.05) is 25.5 Å². The number of aryl methyl sites for hydroxylation is 2. The van der Waals surface area contributed by atoms with E-state index >= 15 is 0 Å². The van der Waals surface area contributed by atoms with Crippen molar-refractivity contribution in [1.82, 2.24) is 15.6 Å². The Hall–Kier alpha value is -3.00. The molecule has 0 radical (unpaired) electrons. The van der Waals surface area contributed by atoms with Gasteiger partial charge >= 0.3 is 11.8 Å². The van der Waals surface area contributed by atoms with Gasteiger partial charge in [-0.2, -0.15) is 0 Å². The standard InChI is InChI=1S/C20H23N3O4S/c1-4-9-22-19(24)20(25)23-13-18(16-6-5-10-21-12-16)28(26,27)17-8-7-14(2)15(3)11-17/h4-8,10-12,18H,1,9,13H2,2-3H3,(H,22,24)(H,23,25)/t18-/m0/s1. The Labute approximate surface area is 164 Å². The number of sulfone groups is 1. The van der Waals surface area contributed by atoms with E-state index in [0.29, 0.717) is 5.56 Å². The van der Waals surface area contributed by atoms with E-state index in [4.69, 9.17) is 0 Å². The van der Waals surface area contributed by atoms with Crippen molar-refractivity contribution in [3.05, 3.63) is 72.1 Å². The van der Waals surface area contributed by atoms with Gasteiger partial charge in [0.15, 0.2) is 9.84 Å². The Kier molecular flexibility index (Phi) is 7.06. The average Bonchev–Trinajstić information content (AvgIpc) is 2.68. The van der Waals surface area contributed by atoms with Gasteiger partial charge in [0.25, 0.3) is 0 Å². The van der Waals surface area contributed by atoms with Crippen LogP contribution in [0.1, 0.15) is 21.9 Å². The number of amides is 2. The first-order valence-corrected chi connectivity index (χ1v) is 10.2. The summed E-state index contributed by atoms with van der Waals surface area (Å²) in [6, 6.07) is 8.13. The predicted octanol–water partition coefficient (Wildman–Crippen LogP) is 1.63. The highest BCUT2D eigenvalue weighted by molar-refractivity contribution is 7.91. The third-order valence-electron chi connectivity index (χ3n) is 4.30. The second-order valence-corrected chi connectivity index (χ2v) is 8.41. The minimum absolute atomic E-state index is 0.138. The van der Waals surface area contributed by atoms with E-state index in [1.807, 2.05) is 13.8 Å². The van der Waals surface area contributed by atoms with Gasteiger partial charge in [-0.25, -0.2) is 8.42 Å². The molecule has 0 bridgehead atoms. The molecule has 0 saturated carbocycles. The minimum Gasteiger partial charge on any atom is -0.346 e. The molecule has 0 spiro atoms. The van der Waals surface area contributed by atoms with E-state index < -0.39 is 26.9 Å². The molecule has 0 saturated heterocycles. The van der Waals surface area contributed by atoms with Crippen LogP contribution in [0.3, 0.4) is 0 Å². The number of nitrogens with one attached hydrogen (secondary N) is 2. The lowest BCUT2D eigenvalue weighted by Crippen LogP contribution is -2.42. The van der Waals surface area contributed by atoms with Crippen LogP contribution in [0.15, 0.2) is 60.3 Å². The van der Waals surface area contributed by atoms with Gasteiger partial charge in [-0.05, 0) is 48.7 Å². The van der Waals surface area contributed by atoms with Gasteiger partial charge in [0.2, 0.25) is 0 Å². The van der Waals surface area contributed by atoms with Crippen LogP contribution < -0.4 is 10.6 Å². The van der Waals surface area contributed by atoms with Crippen molar-refractivity contribution in [2.24, 2.45) is 0 Å². The summed E-state index contributed by atoms with van der Waals surface area (Å²) in [6.45, 7) is 7.06. The molecule has 1 atom stereocenters. The van der Waals surface area contributed by atoms with Crippen molar-refractivity contribution in [2.75, 3.05) is 13.1 Å². The van der Waals surface area contributed by atoms with Crippen molar-refractivity contribution in [2.45, 2.75) is 24.0 Å². The highest BCUT2D eigenvalue weighted by atomic mass is 32.2. The molecule has 148 valence electrons. The topological polar surface area (TPSA) is 105 Å². The van der Waals surface area contributed by atoms with E-state index in [1.165, 1.54) is 18.5 Å². The van der Waals surface area contributed by atoms with Crippen LogP contribution in [0, 0.1) is 13.8 Å². The maximum atomic E-state index is 13.3. The molecule has 1 aromatic heterocycles. The normalized spacial score (nSPS) is 12.1. The van der Waals surface area contributed by atoms with Crippen LogP contribution in [0.5, 0.6) is 0 Å². The third-order valence-corrected chi connectivity index (χ3v) is 6.40. The number of aromatic nitrogens is 1. The molecule has 2 N–H and O–H groups in total. The molecule has 2 aromatic rings. The van der Waals surface area contributed by atoms with Gasteiger partial charge in [-0.15, -0.1) is 6.58 Å². The molecule has 0 aliphatic rings. The summed E-state index contributed by atoms with van der Waals surface area (Å²) in [5.74, 6) is -1.76. The lowest BCUT2D eigenvalue weighted by Gasteiger charge is -2.19. The molecule has 1 aromatic carbocycles. The fourth-order valence-corrected chi connectivity index (χ4v) is 4.27. The zero-order valence-corrected chi connectivity index (χ0v) is 16.6. The maximum absolute atomic E-state index is 13.3. The van der Waals surface area contributed by atoms with Gasteiger partial charge in [-0.3, -0.25) is 14.6 Å². The molecule has 28 heavy (non-hydrogen) atoms. The number of carbonyl (C=O) groups is 2. The molecule has 0 fully saturated rings. The fourth-order valence-electron chi connectivity index (χ4n) is 2.54. The van der Waals surface area contributed by atoms with E-state index in [0.717, 1.165) is 11.1 Å². The van der Waals surface area contributed by atoms with E-state index in [2.05, 4.69) is 22.2 Å². The van der Waals surface area contributed by atoms with Crippen LogP contribution >= 0.6 is 0 Å². The Morgan fingerprint density at radius 2 is 1.86 bits per heavy atom. The van der Waals surface area contributed by atoms with Crippen LogP contribution in [0.25, 0.3) is 0 Å². The number of hydrogen-bond acceptors (Lipinski definition) is 5. The first kappa shape index (κ1) is 21.3. The number of benzene rings is 1. The maximum Gasteiger partial charge on any atom is 0.309 e. The zero-order valence-electron chi connectivity index (χ0n) is 15.8. The van der Waals surface area contributed by atoms with Gasteiger partial charge in [0.05, 0.1) is 4.90 Å². The monoisotopic (exact) mass is 401 g/mol. The summed E-state index contributed by atoms with van der Waals surface area (Å²) in [7, 11) is -3.83. The zero-order chi connectivity index (χ0) is 20.7. The van der Waals surface area contributed by atoms with E-state index in [-0.39, 0.29) is 18.0 Å². The molecule has 2 amide bonds. The smallest absolute Gasteiger partial charge is 0.309 e. The van der Waals surface area contributed by atoms with Crippen LogP contribution in [-0.2, 0) is 19.4 Å². The predicted molar refractivity (Wildman–Crippen MR) is 106 cm³/mol. The van der Waals surface area contributed by atoms with Gasteiger partial charge < -0.3 is 10.6 Å². The molecule has 1 heterocycles. The highest BCUT2D eigenvalue weighted by Crippen LogP contribution is 2.29. The number of rotatable bonds is 7. The Bertz CT molecular complexity index is 972. The Balaban J connectivity index is 2.32. The largest absolute Gasteiger partial charge is 0.346 e. The molecule has 0 aliphatic heterocycles. The first-order chi connectivity index (χ1) is 13.3. The summed E-state index contributed by atoms with van der Waals surface area (Å²) in [6.07, 6.45) is 4.41. The van der Waals surface area contributed by atoms with Crippen molar-refractivity contribution in [3.63, 3.8) is 0 Å². The number of nitrogens with zero attached hydrogens (tertiary/aromatic N) is 1. The first-order valence-electron chi connectivity index (χ1n) is 8.65. The molecule has 0 unspecified atom stereocenters. The summed E-state index contributed by atoms with van der Waals surface area (Å²) < 4.78 is 26.5. The van der Waals surface area contributed by atoms with Gasteiger partial charge in [-0.1, -0.05) is 18.2 Å². The van der Waals surface area contributed by atoms with Crippen LogP contribution in [0.2, 0.25) is 0 Å². The van der Waals surface area contributed by atoms with Crippen molar-refractivity contribution < 1.29 is 18.0 Å². The lowest BCUT2D eigenvalue weighted by atomic mass is 10.1. The number of hydrogen-bond donors (Lipinski definition) is 2. The Morgan fingerprint density at radius 3 is 2.46 bits per heavy atom. The van der Waals surface area contributed by atoms with E-state index in [9.17, 15) is 18.0 Å². The SMILES string of the molecule is C=CCNC(=O)C(=O)NC[C@@H](c1cccnc1)S(=O)(=O)c1ccc(C)c(C)c1. The molecule has 7 nitrogen and oxygen atoms in total. The van der Waals surface area contributed by atoms with Crippen molar-refractivity contribution in [3.8, 4) is 0 Å². The summed E-state index contributed by atoms with van der Waals surface area (Å²) in [5, 5.41) is 3.66.